The zero-order chi connectivity index (χ0) is 18.6. The Kier molecular flexibility index (Phi) is 4.90. The first-order valence-corrected chi connectivity index (χ1v) is 9.84. The number of nitrogens with one attached hydrogen (secondary N) is 1. The van der Waals surface area contributed by atoms with Gasteiger partial charge in [-0.25, -0.2) is 0 Å². The number of anilines is 1. The standard InChI is InChI=1S/C23H20N2OS/c1-2-17-10-12-19(13-11-17)24-23(26)22-21(25-14-6-7-15-25)20(16-27-22)18-8-4-3-5-9-18/h3-16H,2H2,1H3,(H,24,26). The van der Waals surface area contributed by atoms with Gasteiger partial charge in [-0.2, -0.15) is 0 Å². The summed E-state index contributed by atoms with van der Waals surface area (Å²) in [5, 5.41) is 5.09. The van der Waals surface area contributed by atoms with Crippen LogP contribution in [0.25, 0.3) is 16.8 Å². The predicted molar refractivity (Wildman–Crippen MR) is 113 cm³/mol. The molecule has 1 amide bonds. The van der Waals surface area contributed by atoms with Crippen molar-refractivity contribution in [1.29, 1.82) is 0 Å². The Hall–Kier alpha value is -3.11. The summed E-state index contributed by atoms with van der Waals surface area (Å²) >= 11 is 1.47. The lowest BCUT2D eigenvalue weighted by molar-refractivity contribution is 0.103. The summed E-state index contributed by atoms with van der Waals surface area (Å²) in [6, 6.07) is 22.1. The van der Waals surface area contributed by atoms with Crippen LogP contribution in [-0.2, 0) is 6.42 Å². The fourth-order valence-electron chi connectivity index (χ4n) is 3.09. The van der Waals surface area contributed by atoms with E-state index in [1.807, 2.05) is 71.6 Å². The SMILES string of the molecule is CCc1ccc(NC(=O)c2scc(-c3ccccc3)c2-n2cccc2)cc1. The molecule has 27 heavy (non-hydrogen) atoms. The van der Waals surface area contributed by atoms with Crippen LogP contribution in [-0.4, -0.2) is 10.5 Å². The molecule has 134 valence electrons. The number of nitrogens with zero attached hydrogens (tertiary/aromatic N) is 1. The van der Waals surface area contributed by atoms with E-state index >= 15 is 0 Å². The molecule has 0 aliphatic heterocycles. The molecule has 0 atom stereocenters. The van der Waals surface area contributed by atoms with Crippen LogP contribution in [0, 0.1) is 0 Å². The van der Waals surface area contributed by atoms with Crippen LogP contribution in [0.2, 0.25) is 0 Å². The summed E-state index contributed by atoms with van der Waals surface area (Å²) in [5.41, 5.74) is 5.14. The van der Waals surface area contributed by atoms with Crippen LogP contribution >= 0.6 is 11.3 Å². The van der Waals surface area contributed by atoms with Gasteiger partial charge < -0.3 is 9.88 Å². The lowest BCUT2D eigenvalue weighted by Gasteiger charge is -2.10. The number of thiophene rings is 1. The van der Waals surface area contributed by atoms with Crippen LogP contribution in [0.15, 0.2) is 84.5 Å². The Morgan fingerprint density at radius 1 is 0.963 bits per heavy atom. The summed E-state index contributed by atoms with van der Waals surface area (Å²) < 4.78 is 2.01. The van der Waals surface area contributed by atoms with Gasteiger partial charge in [0.05, 0.1) is 5.69 Å². The van der Waals surface area contributed by atoms with Crippen molar-refractivity contribution < 1.29 is 4.79 Å². The van der Waals surface area contributed by atoms with E-state index in [1.165, 1.54) is 16.9 Å². The molecule has 0 aliphatic carbocycles. The minimum atomic E-state index is -0.0878. The Labute approximate surface area is 162 Å². The third-order valence-electron chi connectivity index (χ3n) is 4.54. The van der Waals surface area contributed by atoms with Gasteiger partial charge in [-0.3, -0.25) is 4.79 Å². The third-order valence-corrected chi connectivity index (χ3v) is 5.51. The van der Waals surface area contributed by atoms with Crippen molar-refractivity contribution >= 4 is 22.9 Å². The molecule has 0 spiro atoms. The molecule has 4 rings (SSSR count). The molecular formula is C23H20N2OS. The zero-order valence-corrected chi connectivity index (χ0v) is 15.9. The molecule has 4 heteroatoms. The van der Waals surface area contributed by atoms with E-state index in [4.69, 9.17) is 0 Å². The molecule has 0 fully saturated rings. The third kappa shape index (κ3) is 3.57. The van der Waals surface area contributed by atoms with Gasteiger partial charge in [0.2, 0.25) is 0 Å². The lowest BCUT2D eigenvalue weighted by Crippen LogP contribution is -2.13. The molecule has 3 nitrogen and oxygen atoms in total. The van der Waals surface area contributed by atoms with E-state index in [0.29, 0.717) is 4.88 Å². The van der Waals surface area contributed by atoms with Crippen molar-refractivity contribution in [2.45, 2.75) is 13.3 Å². The molecule has 1 N–H and O–H groups in total. The van der Waals surface area contributed by atoms with Crippen molar-refractivity contribution in [3.63, 3.8) is 0 Å². The summed E-state index contributed by atoms with van der Waals surface area (Å²) in [7, 11) is 0. The highest BCUT2D eigenvalue weighted by Gasteiger charge is 2.20. The summed E-state index contributed by atoms with van der Waals surface area (Å²) in [6.07, 6.45) is 4.93. The number of hydrogen-bond donors (Lipinski definition) is 1. The van der Waals surface area contributed by atoms with E-state index < -0.39 is 0 Å². The normalized spacial score (nSPS) is 10.7. The zero-order valence-electron chi connectivity index (χ0n) is 15.1. The number of benzene rings is 2. The van der Waals surface area contributed by atoms with E-state index in [-0.39, 0.29) is 5.91 Å². The van der Waals surface area contributed by atoms with E-state index in [0.717, 1.165) is 28.9 Å². The molecule has 0 saturated heterocycles. The van der Waals surface area contributed by atoms with Crippen LogP contribution in [0.4, 0.5) is 5.69 Å². The molecule has 0 bridgehead atoms. The molecule has 4 aromatic rings. The summed E-state index contributed by atoms with van der Waals surface area (Å²) in [5.74, 6) is -0.0878. The largest absolute Gasteiger partial charge is 0.322 e. The van der Waals surface area contributed by atoms with Crippen molar-refractivity contribution in [1.82, 2.24) is 4.57 Å². The summed E-state index contributed by atoms with van der Waals surface area (Å²) in [6.45, 7) is 2.12. The first-order valence-electron chi connectivity index (χ1n) is 8.97. The number of carbonyl (C=O) groups excluding carboxylic acids is 1. The average molecular weight is 372 g/mol. The number of carbonyl (C=O) groups is 1. The smallest absolute Gasteiger partial charge is 0.267 e. The van der Waals surface area contributed by atoms with Gasteiger partial charge in [0.1, 0.15) is 4.88 Å². The number of hydrogen-bond acceptors (Lipinski definition) is 2. The number of amides is 1. The van der Waals surface area contributed by atoms with Gasteiger partial charge in [-0.15, -0.1) is 11.3 Å². The number of aryl methyl sites for hydroxylation is 1. The highest BCUT2D eigenvalue weighted by atomic mass is 32.1. The second kappa shape index (κ2) is 7.64. The van der Waals surface area contributed by atoms with E-state index in [9.17, 15) is 4.79 Å². The van der Waals surface area contributed by atoms with Gasteiger partial charge in [-0.05, 0) is 41.8 Å². The molecule has 0 saturated carbocycles. The van der Waals surface area contributed by atoms with Crippen molar-refractivity contribution in [3.05, 3.63) is 94.9 Å². The fraction of sp³-hybridized carbons (Fsp3) is 0.0870. The maximum Gasteiger partial charge on any atom is 0.267 e. The maximum atomic E-state index is 13.0. The van der Waals surface area contributed by atoms with Crippen LogP contribution in [0.3, 0.4) is 0 Å². The molecular weight excluding hydrogens is 352 g/mol. The van der Waals surface area contributed by atoms with Gasteiger partial charge in [0.15, 0.2) is 0 Å². The van der Waals surface area contributed by atoms with Crippen molar-refractivity contribution in [2.75, 3.05) is 5.32 Å². The molecule has 2 aromatic carbocycles. The highest BCUT2D eigenvalue weighted by Crippen LogP contribution is 2.35. The highest BCUT2D eigenvalue weighted by molar-refractivity contribution is 7.13. The average Bonchev–Trinajstić information content (AvgIpc) is 3.38. The van der Waals surface area contributed by atoms with Gasteiger partial charge in [-0.1, -0.05) is 49.4 Å². The van der Waals surface area contributed by atoms with E-state index in [1.54, 1.807) is 0 Å². The number of aromatic nitrogens is 1. The van der Waals surface area contributed by atoms with Crippen LogP contribution < -0.4 is 5.32 Å². The Morgan fingerprint density at radius 2 is 1.67 bits per heavy atom. The fourth-order valence-corrected chi connectivity index (χ4v) is 4.06. The van der Waals surface area contributed by atoms with Gasteiger partial charge in [0.25, 0.3) is 5.91 Å². The Balaban J connectivity index is 1.72. The minimum absolute atomic E-state index is 0.0878. The molecule has 2 aromatic heterocycles. The van der Waals surface area contributed by atoms with Gasteiger partial charge >= 0.3 is 0 Å². The van der Waals surface area contributed by atoms with E-state index in [2.05, 4.69) is 29.8 Å². The van der Waals surface area contributed by atoms with Gasteiger partial charge in [0, 0.05) is 29.0 Å². The molecule has 0 unspecified atom stereocenters. The first-order chi connectivity index (χ1) is 13.3. The van der Waals surface area contributed by atoms with Crippen LogP contribution in [0.1, 0.15) is 22.2 Å². The molecule has 0 radical (unpaired) electrons. The quantitative estimate of drug-likeness (QED) is 0.456. The lowest BCUT2D eigenvalue weighted by atomic mass is 10.1. The molecule has 0 aliphatic rings. The Bertz CT molecular complexity index is 1030. The van der Waals surface area contributed by atoms with Crippen molar-refractivity contribution in [3.8, 4) is 16.8 Å². The molecule has 2 heterocycles. The van der Waals surface area contributed by atoms with Crippen molar-refractivity contribution in [2.24, 2.45) is 0 Å². The first kappa shape index (κ1) is 17.3. The maximum absolute atomic E-state index is 13.0. The monoisotopic (exact) mass is 372 g/mol. The predicted octanol–water partition coefficient (Wildman–Crippen LogP) is 6.02. The number of rotatable bonds is 5. The topological polar surface area (TPSA) is 34.0 Å². The van der Waals surface area contributed by atoms with Crippen LogP contribution in [0.5, 0.6) is 0 Å². The Morgan fingerprint density at radius 3 is 2.33 bits per heavy atom. The minimum Gasteiger partial charge on any atom is -0.322 e. The second-order valence-electron chi connectivity index (χ2n) is 6.29. The summed E-state index contributed by atoms with van der Waals surface area (Å²) in [4.78, 5) is 13.7. The second-order valence-corrected chi connectivity index (χ2v) is 7.17.